The van der Waals surface area contributed by atoms with E-state index < -0.39 is 40.6 Å². The van der Waals surface area contributed by atoms with Gasteiger partial charge >= 0.3 is 12.1 Å². The summed E-state index contributed by atoms with van der Waals surface area (Å²) in [7, 11) is 3.65. The molecule has 1 amide bonds. The van der Waals surface area contributed by atoms with Gasteiger partial charge in [0.15, 0.2) is 0 Å². The Balaban J connectivity index is 1.47. The van der Waals surface area contributed by atoms with Crippen LogP contribution in [0.2, 0.25) is 0 Å². The van der Waals surface area contributed by atoms with Crippen LogP contribution in [0.1, 0.15) is 64.4 Å². The molecule has 218 valence electrons. The predicted octanol–water partition coefficient (Wildman–Crippen LogP) is 3.53. The van der Waals surface area contributed by atoms with E-state index in [4.69, 9.17) is 14.2 Å². The quantitative estimate of drug-likeness (QED) is 0.408. The molecule has 1 spiro atoms. The smallest absolute Gasteiger partial charge is 0.407 e. The number of alkyl carbamates (subject to hydrolysis) is 1. The molecule has 1 aromatic carbocycles. The second-order valence-electron chi connectivity index (χ2n) is 12.5. The monoisotopic (exact) mass is 553 g/mol. The van der Waals surface area contributed by atoms with Crippen molar-refractivity contribution in [2.24, 2.45) is 5.41 Å². The molecule has 3 aliphatic heterocycles. The Kier molecular flexibility index (Phi) is 6.81. The fourth-order valence-corrected chi connectivity index (χ4v) is 9.23. The zero-order valence-electron chi connectivity index (χ0n) is 24.2. The van der Waals surface area contributed by atoms with Crippen molar-refractivity contribution in [1.29, 1.82) is 0 Å². The van der Waals surface area contributed by atoms with Gasteiger partial charge in [-0.3, -0.25) is 9.69 Å². The van der Waals surface area contributed by atoms with Gasteiger partial charge in [-0.2, -0.15) is 0 Å². The highest BCUT2D eigenvalue weighted by Gasteiger charge is 2.77. The van der Waals surface area contributed by atoms with Crippen molar-refractivity contribution in [1.82, 2.24) is 10.2 Å². The highest BCUT2D eigenvalue weighted by molar-refractivity contribution is 5.72. The van der Waals surface area contributed by atoms with Crippen LogP contribution >= 0.6 is 0 Å². The number of amides is 1. The highest BCUT2D eigenvalue weighted by atomic mass is 16.6. The van der Waals surface area contributed by atoms with Gasteiger partial charge in [-0.05, 0) is 56.7 Å². The lowest BCUT2D eigenvalue weighted by atomic mass is 9.47. The number of nitrogens with zero attached hydrogens (tertiary/aromatic N) is 2. The third-order valence-electron chi connectivity index (χ3n) is 10.6. The molecule has 2 unspecified atom stereocenters. The average Bonchev–Trinajstić information content (AvgIpc) is 3.46. The first-order valence-electron chi connectivity index (χ1n) is 14.9. The van der Waals surface area contributed by atoms with Crippen molar-refractivity contribution in [3.05, 3.63) is 35.9 Å². The number of benzene rings is 1. The first-order chi connectivity index (χ1) is 19.2. The lowest BCUT2D eigenvalue weighted by molar-refractivity contribution is -0.217. The van der Waals surface area contributed by atoms with Crippen LogP contribution < -0.4 is 15.0 Å². The lowest BCUT2D eigenvalue weighted by Gasteiger charge is -2.64. The summed E-state index contributed by atoms with van der Waals surface area (Å²) in [6.45, 7) is 5.09. The number of carbonyl (C=O) groups is 2. The molecule has 9 nitrogen and oxygen atoms in total. The van der Waals surface area contributed by atoms with Crippen molar-refractivity contribution < 1.29 is 28.9 Å². The number of rotatable bonds is 6. The van der Waals surface area contributed by atoms with Gasteiger partial charge in [-0.15, -0.1) is 0 Å². The summed E-state index contributed by atoms with van der Waals surface area (Å²) in [6, 6.07) is 5.72. The molecular weight excluding hydrogens is 510 g/mol. The van der Waals surface area contributed by atoms with E-state index >= 15 is 0 Å². The number of carbonyl (C=O) groups excluding carboxylic acids is 2. The molecular formula is C31H43N3O6. The molecule has 0 aromatic heterocycles. The SMILES string of the molecule is CCC12C=CCN3CC[C@@]4(c5ccc(OC)cc5N(C)[C@H]4C(O)(CNC(=O)OC4CCCCC4)[C@@H]1OC(C)=O)[C@@H]32. The van der Waals surface area contributed by atoms with Gasteiger partial charge in [0.1, 0.15) is 23.6 Å². The number of esters is 1. The largest absolute Gasteiger partial charge is 0.497 e. The molecule has 2 saturated carbocycles. The Morgan fingerprint density at radius 1 is 1.15 bits per heavy atom. The number of likely N-dealkylation sites (N-methyl/N-ethyl adjacent to an activating group) is 1. The average molecular weight is 554 g/mol. The summed E-state index contributed by atoms with van der Waals surface area (Å²) < 4.78 is 17.5. The number of ether oxygens (including phenoxy) is 3. The van der Waals surface area contributed by atoms with Crippen molar-refractivity contribution in [2.45, 2.75) is 94.1 Å². The number of fused-ring (bicyclic) bond motifs is 1. The van der Waals surface area contributed by atoms with Gasteiger partial charge in [-0.1, -0.05) is 31.6 Å². The summed E-state index contributed by atoms with van der Waals surface area (Å²) in [5, 5.41) is 16.0. The molecule has 1 saturated heterocycles. The summed E-state index contributed by atoms with van der Waals surface area (Å²) in [6.07, 6.45) is 9.32. The van der Waals surface area contributed by atoms with Crippen LogP contribution in [0.3, 0.4) is 0 Å². The van der Waals surface area contributed by atoms with Crippen LogP contribution in [0.15, 0.2) is 30.4 Å². The van der Waals surface area contributed by atoms with E-state index in [2.05, 4.69) is 40.3 Å². The van der Waals surface area contributed by atoms with Crippen molar-refractivity contribution in [3.63, 3.8) is 0 Å². The van der Waals surface area contributed by atoms with Crippen LogP contribution in [0.4, 0.5) is 10.5 Å². The first kappa shape index (κ1) is 27.4. The van der Waals surface area contributed by atoms with Crippen LogP contribution in [0.25, 0.3) is 0 Å². The Labute approximate surface area is 236 Å². The van der Waals surface area contributed by atoms with Crippen molar-refractivity contribution in [2.75, 3.05) is 38.7 Å². The van der Waals surface area contributed by atoms with E-state index in [9.17, 15) is 14.7 Å². The summed E-state index contributed by atoms with van der Waals surface area (Å²) in [5.41, 5.74) is -0.536. The second-order valence-corrected chi connectivity index (χ2v) is 12.5. The molecule has 3 fully saturated rings. The van der Waals surface area contributed by atoms with Crippen molar-refractivity contribution in [3.8, 4) is 5.75 Å². The zero-order chi connectivity index (χ0) is 28.3. The molecule has 40 heavy (non-hydrogen) atoms. The molecule has 1 aromatic rings. The molecule has 5 aliphatic rings. The van der Waals surface area contributed by atoms with Gasteiger partial charge in [-0.25, -0.2) is 4.79 Å². The topological polar surface area (TPSA) is 101 Å². The summed E-state index contributed by atoms with van der Waals surface area (Å²) in [4.78, 5) is 30.4. The summed E-state index contributed by atoms with van der Waals surface area (Å²) in [5.74, 6) is 0.298. The van der Waals surface area contributed by atoms with Crippen LogP contribution in [0.5, 0.6) is 5.75 Å². The fourth-order valence-electron chi connectivity index (χ4n) is 9.23. The minimum atomic E-state index is -1.61. The Morgan fingerprint density at radius 2 is 1.93 bits per heavy atom. The van der Waals surface area contributed by atoms with Crippen LogP contribution in [0, 0.1) is 5.41 Å². The molecule has 2 aliphatic carbocycles. The zero-order valence-corrected chi connectivity index (χ0v) is 24.2. The van der Waals surface area contributed by atoms with Gasteiger partial charge in [0, 0.05) is 49.1 Å². The lowest BCUT2D eigenvalue weighted by Crippen LogP contribution is -2.81. The van der Waals surface area contributed by atoms with E-state index in [1.807, 2.05) is 19.2 Å². The van der Waals surface area contributed by atoms with E-state index in [0.717, 1.165) is 63.1 Å². The maximum absolute atomic E-state index is 13.1. The molecule has 0 radical (unpaired) electrons. The van der Waals surface area contributed by atoms with Crippen LogP contribution in [-0.4, -0.2) is 85.8 Å². The van der Waals surface area contributed by atoms with Gasteiger partial charge in [0.25, 0.3) is 0 Å². The second kappa shape index (κ2) is 9.94. The maximum atomic E-state index is 13.1. The number of methoxy groups -OCH3 is 1. The minimum absolute atomic E-state index is 0.0101. The number of hydrogen-bond donors (Lipinski definition) is 2. The maximum Gasteiger partial charge on any atom is 0.407 e. The standard InChI is InChI=1S/C31H43N3O6/c1-5-29-14-9-16-34-17-15-30(25(29)34)23-13-12-22(38-4)18-24(23)33(3)26(30)31(37,27(29)39-20(2)35)19-32-28(36)40-21-10-7-6-8-11-21/h9,12-14,18,21,25-27,37H,5-8,10-11,15-17,19H2,1-4H3,(H,32,36)/t25-,26+,27+,29?,30+,31?/m0/s1. The van der Waals surface area contributed by atoms with E-state index in [0.29, 0.717) is 6.42 Å². The molecule has 9 heteroatoms. The third-order valence-corrected chi connectivity index (χ3v) is 10.6. The minimum Gasteiger partial charge on any atom is -0.497 e. The van der Waals surface area contributed by atoms with Crippen molar-refractivity contribution >= 4 is 17.7 Å². The predicted molar refractivity (Wildman–Crippen MR) is 151 cm³/mol. The van der Waals surface area contributed by atoms with Gasteiger partial charge in [0.05, 0.1) is 19.7 Å². The van der Waals surface area contributed by atoms with E-state index in [1.165, 1.54) is 12.5 Å². The third kappa shape index (κ3) is 3.80. The normalized spacial score (nSPS) is 36.4. The van der Waals surface area contributed by atoms with Gasteiger partial charge < -0.3 is 29.5 Å². The molecule has 2 N–H and O–H groups in total. The first-order valence-corrected chi connectivity index (χ1v) is 14.9. The number of aliphatic hydroxyl groups is 1. The van der Waals surface area contributed by atoms with Crippen LogP contribution in [-0.2, 0) is 19.7 Å². The van der Waals surface area contributed by atoms with E-state index in [-0.39, 0.29) is 18.7 Å². The number of nitrogens with one attached hydrogen (secondary N) is 1. The highest BCUT2D eigenvalue weighted by Crippen LogP contribution is 2.67. The molecule has 6 atom stereocenters. The Bertz CT molecular complexity index is 1200. The Morgan fingerprint density at radius 3 is 2.62 bits per heavy atom. The van der Waals surface area contributed by atoms with Gasteiger partial charge in [0.2, 0.25) is 0 Å². The Hall–Kier alpha value is -2.78. The molecule has 6 rings (SSSR count). The molecule has 0 bridgehead atoms. The fraction of sp³-hybridized carbons (Fsp3) is 0.677. The van der Waals surface area contributed by atoms with E-state index in [1.54, 1.807) is 7.11 Å². The summed E-state index contributed by atoms with van der Waals surface area (Å²) >= 11 is 0. The molecule has 3 heterocycles. The number of hydrogen-bond acceptors (Lipinski definition) is 8. The number of anilines is 1.